The van der Waals surface area contributed by atoms with Crippen LogP contribution >= 0.6 is 0 Å². The first-order valence-corrected chi connectivity index (χ1v) is 5.79. The van der Waals surface area contributed by atoms with Gasteiger partial charge in [-0.15, -0.1) is 0 Å². The maximum absolute atomic E-state index is 11.4. The lowest BCUT2D eigenvalue weighted by Crippen LogP contribution is -2.20. The molecule has 1 amide bonds. The highest BCUT2D eigenvalue weighted by Crippen LogP contribution is 2.18. The number of nitrogens with one attached hydrogen (secondary N) is 2. The van der Waals surface area contributed by atoms with Crippen molar-refractivity contribution in [2.45, 2.75) is 13.0 Å². The lowest BCUT2D eigenvalue weighted by atomic mass is 10.2. The normalized spacial score (nSPS) is 10.2. The highest BCUT2D eigenvalue weighted by Gasteiger charge is 2.10. The monoisotopic (exact) mass is 253 g/mol. The molecule has 0 fully saturated rings. The van der Waals surface area contributed by atoms with Crippen molar-refractivity contribution in [3.8, 4) is 5.75 Å². The molecule has 1 heterocycles. The van der Waals surface area contributed by atoms with Crippen LogP contribution in [0.15, 0.2) is 12.3 Å². The number of carbonyl (C=O) groups excluding carboxylic acids is 1. The Balaban J connectivity index is 2.71. The topological polar surface area (TPSA) is 83.5 Å². The molecule has 6 nitrogen and oxygen atoms in total. The van der Waals surface area contributed by atoms with Crippen LogP contribution in [0.25, 0.3) is 0 Å². The molecule has 1 aromatic rings. The number of aliphatic hydroxyl groups excluding tert-OH is 1. The number of aromatic nitrogens is 1. The fourth-order valence-corrected chi connectivity index (χ4v) is 1.47. The number of methoxy groups -OCH3 is 1. The summed E-state index contributed by atoms with van der Waals surface area (Å²) in [6, 6.07) is 1.61. The molecule has 1 rings (SSSR count). The molecule has 0 unspecified atom stereocenters. The predicted octanol–water partition coefficient (Wildman–Crippen LogP) is -0.0782. The lowest BCUT2D eigenvalue weighted by Gasteiger charge is -2.10. The molecule has 0 saturated heterocycles. The van der Waals surface area contributed by atoms with Gasteiger partial charge in [0.2, 0.25) is 0 Å². The Morgan fingerprint density at radius 2 is 2.33 bits per heavy atom. The Kier molecular flexibility index (Phi) is 6.10. The second kappa shape index (κ2) is 7.62. The molecule has 0 bridgehead atoms. The van der Waals surface area contributed by atoms with Gasteiger partial charge in [0.05, 0.1) is 7.11 Å². The van der Waals surface area contributed by atoms with E-state index in [1.165, 1.54) is 0 Å². The molecule has 0 radical (unpaired) electrons. The van der Waals surface area contributed by atoms with Gasteiger partial charge in [-0.3, -0.25) is 9.78 Å². The third-order valence-corrected chi connectivity index (χ3v) is 2.45. The van der Waals surface area contributed by atoms with Gasteiger partial charge in [-0.2, -0.15) is 0 Å². The van der Waals surface area contributed by atoms with Crippen LogP contribution in [-0.4, -0.2) is 43.3 Å². The van der Waals surface area contributed by atoms with Crippen LogP contribution in [0.2, 0.25) is 0 Å². The van der Waals surface area contributed by atoms with Crippen LogP contribution in [-0.2, 0) is 6.54 Å². The number of rotatable bonds is 7. The van der Waals surface area contributed by atoms with E-state index in [9.17, 15) is 4.79 Å². The number of amides is 1. The molecule has 0 aliphatic rings. The quantitative estimate of drug-likeness (QED) is 0.592. The summed E-state index contributed by atoms with van der Waals surface area (Å²) in [6.45, 7) is 1.47. The minimum Gasteiger partial charge on any atom is -0.496 e. The highest BCUT2D eigenvalue weighted by molar-refractivity contribution is 5.92. The average Bonchev–Trinajstić information content (AvgIpc) is 2.42. The first-order valence-electron chi connectivity index (χ1n) is 5.79. The summed E-state index contributed by atoms with van der Waals surface area (Å²) in [4.78, 5) is 15.5. The zero-order valence-electron chi connectivity index (χ0n) is 10.7. The summed E-state index contributed by atoms with van der Waals surface area (Å²) >= 11 is 0. The van der Waals surface area contributed by atoms with Crippen molar-refractivity contribution in [1.29, 1.82) is 0 Å². The second-order valence-corrected chi connectivity index (χ2v) is 3.71. The summed E-state index contributed by atoms with van der Waals surface area (Å²) in [5.41, 5.74) is 1.21. The van der Waals surface area contributed by atoms with Crippen molar-refractivity contribution in [2.24, 2.45) is 0 Å². The van der Waals surface area contributed by atoms with Crippen molar-refractivity contribution in [3.05, 3.63) is 23.5 Å². The molecule has 0 saturated carbocycles. The molecule has 0 atom stereocenters. The minimum absolute atomic E-state index is 0.165. The van der Waals surface area contributed by atoms with Gasteiger partial charge in [-0.25, -0.2) is 0 Å². The van der Waals surface area contributed by atoms with E-state index in [1.54, 1.807) is 26.4 Å². The van der Waals surface area contributed by atoms with E-state index in [-0.39, 0.29) is 12.5 Å². The Morgan fingerprint density at radius 1 is 1.56 bits per heavy atom. The fourth-order valence-electron chi connectivity index (χ4n) is 1.47. The Labute approximate surface area is 106 Å². The maximum atomic E-state index is 11.4. The molecular weight excluding hydrogens is 234 g/mol. The van der Waals surface area contributed by atoms with E-state index < -0.39 is 0 Å². The predicted molar refractivity (Wildman–Crippen MR) is 67.6 cm³/mol. The second-order valence-electron chi connectivity index (χ2n) is 3.71. The molecule has 3 N–H and O–H groups in total. The van der Waals surface area contributed by atoms with Gasteiger partial charge >= 0.3 is 0 Å². The smallest absolute Gasteiger partial charge is 0.269 e. The largest absolute Gasteiger partial charge is 0.496 e. The maximum Gasteiger partial charge on any atom is 0.269 e. The van der Waals surface area contributed by atoms with Crippen LogP contribution in [0.4, 0.5) is 0 Å². The zero-order valence-corrected chi connectivity index (χ0v) is 10.7. The van der Waals surface area contributed by atoms with E-state index in [1.807, 2.05) is 0 Å². The summed E-state index contributed by atoms with van der Waals surface area (Å²) < 4.78 is 5.23. The van der Waals surface area contributed by atoms with Crippen molar-refractivity contribution >= 4 is 5.91 Å². The number of nitrogens with zero attached hydrogens (tertiary/aromatic N) is 1. The van der Waals surface area contributed by atoms with E-state index in [0.717, 1.165) is 12.1 Å². The first-order chi connectivity index (χ1) is 8.72. The Bertz CT molecular complexity index is 396. The van der Waals surface area contributed by atoms with E-state index >= 15 is 0 Å². The van der Waals surface area contributed by atoms with Gasteiger partial charge in [0.1, 0.15) is 11.4 Å². The summed E-state index contributed by atoms with van der Waals surface area (Å²) in [7, 11) is 3.11. The fraction of sp³-hybridized carbons (Fsp3) is 0.500. The van der Waals surface area contributed by atoms with E-state index in [4.69, 9.17) is 9.84 Å². The lowest BCUT2D eigenvalue weighted by molar-refractivity contribution is 0.0957. The van der Waals surface area contributed by atoms with Gasteiger partial charge < -0.3 is 20.5 Å². The number of pyridine rings is 1. The van der Waals surface area contributed by atoms with Crippen LogP contribution in [0.1, 0.15) is 22.5 Å². The SMILES string of the molecule is CNC(=O)c1cc(OC)c(CNCCCO)cn1. The number of ether oxygens (including phenoxy) is 1. The number of hydrogen-bond donors (Lipinski definition) is 3. The standard InChI is InChI=1S/C12H19N3O3/c1-13-12(17)10-6-11(18-2)9(8-15-10)7-14-4-3-5-16/h6,8,14,16H,3-5,7H2,1-2H3,(H,13,17). The van der Waals surface area contributed by atoms with Crippen molar-refractivity contribution in [2.75, 3.05) is 27.3 Å². The van der Waals surface area contributed by atoms with Gasteiger partial charge in [-0.1, -0.05) is 0 Å². The van der Waals surface area contributed by atoms with Crippen LogP contribution in [0.5, 0.6) is 5.75 Å². The summed E-state index contributed by atoms with van der Waals surface area (Å²) in [5, 5.41) is 14.3. The van der Waals surface area contributed by atoms with Gasteiger partial charge in [0.25, 0.3) is 5.91 Å². The first kappa shape index (κ1) is 14.4. The summed E-state index contributed by atoms with van der Waals surface area (Å²) in [5.74, 6) is 0.383. The number of carbonyl (C=O) groups is 1. The zero-order chi connectivity index (χ0) is 13.4. The molecule has 100 valence electrons. The van der Waals surface area contributed by atoms with Crippen molar-refractivity contribution in [3.63, 3.8) is 0 Å². The minimum atomic E-state index is -0.243. The van der Waals surface area contributed by atoms with Gasteiger partial charge in [-0.05, 0) is 13.0 Å². The van der Waals surface area contributed by atoms with E-state index in [2.05, 4.69) is 15.6 Å². The van der Waals surface area contributed by atoms with Crippen LogP contribution in [0, 0.1) is 0 Å². The number of aliphatic hydroxyl groups is 1. The third kappa shape index (κ3) is 3.97. The molecule has 0 spiro atoms. The molecule has 6 heteroatoms. The summed E-state index contributed by atoms with van der Waals surface area (Å²) in [6.07, 6.45) is 2.32. The third-order valence-electron chi connectivity index (χ3n) is 2.45. The molecule has 0 aliphatic carbocycles. The molecular formula is C12H19N3O3. The molecule has 1 aromatic heterocycles. The Hall–Kier alpha value is -1.66. The van der Waals surface area contributed by atoms with Crippen molar-refractivity contribution < 1.29 is 14.6 Å². The Morgan fingerprint density at radius 3 is 2.94 bits per heavy atom. The molecule has 0 aliphatic heterocycles. The van der Waals surface area contributed by atoms with E-state index in [0.29, 0.717) is 24.4 Å². The molecule has 18 heavy (non-hydrogen) atoms. The van der Waals surface area contributed by atoms with Gasteiger partial charge in [0.15, 0.2) is 0 Å². The highest BCUT2D eigenvalue weighted by atomic mass is 16.5. The van der Waals surface area contributed by atoms with Gasteiger partial charge in [0, 0.05) is 38.0 Å². The van der Waals surface area contributed by atoms with Crippen molar-refractivity contribution in [1.82, 2.24) is 15.6 Å². The molecule has 0 aromatic carbocycles. The van der Waals surface area contributed by atoms with Crippen LogP contribution in [0.3, 0.4) is 0 Å². The van der Waals surface area contributed by atoms with Crippen LogP contribution < -0.4 is 15.4 Å². The average molecular weight is 253 g/mol. The number of hydrogen-bond acceptors (Lipinski definition) is 5.